The van der Waals surface area contributed by atoms with E-state index >= 15 is 0 Å². The maximum atomic E-state index is 5.25. The van der Waals surface area contributed by atoms with E-state index in [1.807, 2.05) is 0 Å². The van der Waals surface area contributed by atoms with E-state index in [2.05, 4.69) is 4.31 Å². The molecule has 0 bridgehead atoms. The molecule has 0 aromatic rings. The van der Waals surface area contributed by atoms with E-state index in [1.165, 1.54) is 0 Å². The molecule has 1 heterocycles. The Bertz CT molecular complexity index is 124. The zero-order chi connectivity index (χ0) is 8.10. The lowest BCUT2D eigenvalue weighted by atomic mass is 10.1. The molecule has 0 saturated carbocycles. The van der Waals surface area contributed by atoms with Gasteiger partial charge >= 0.3 is 0 Å². The van der Waals surface area contributed by atoms with Crippen LogP contribution in [-0.2, 0) is 4.74 Å². The summed E-state index contributed by atoms with van der Waals surface area (Å²) in [7, 11) is 1.78. The summed E-state index contributed by atoms with van der Waals surface area (Å²) in [4.78, 5) is 0. The molecule has 1 saturated heterocycles. The van der Waals surface area contributed by atoms with Crippen molar-refractivity contribution in [3.63, 3.8) is 0 Å². The van der Waals surface area contributed by atoms with E-state index in [0.717, 1.165) is 25.9 Å². The topological polar surface area (TPSA) is 12.5 Å². The number of methoxy groups -OCH3 is 1. The van der Waals surface area contributed by atoms with Crippen LogP contribution in [0.5, 0.6) is 0 Å². The predicted octanol–water partition coefficient (Wildman–Crippen LogP) is 1.70. The fraction of sp³-hybridized carbons (Fsp3) is 0.857. The molecular weight excluding hydrogens is 178 g/mol. The van der Waals surface area contributed by atoms with Gasteiger partial charge in [0.1, 0.15) is 0 Å². The number of ether oxygens (including phenoxy) is 1. The minimum Gasteiger partial charge on any atom is -0.381 e. The molecule has 1 rings (SSSR count). The third-order valence-electron chi connectivity index (χ3n) is 1.93. The molecule has 4 heteroatoms. The number of nitrogens with zero attached hydrogens (tertiary/aromatic N) is 1. The zero-order valence-corrected chi connectivity index (χ0v) is 8.29. The molecule has 0 aromatic heterocycles. The molecule has 64 valence electrons. The Hall–Kier alpha value is 0.360. The molecule has 0 aliphatic carbocycles. The fourth-order valence-electron chi connectivity index (χ4n) is 1.23. The first-order chi connectivity index (χ1) is 5.36. The van der Waals surface area contributed by atoms with Crippen molar-refractivity contribution in [2.24, 2.45) is 0 Å². The van der Waals surface area contributed by atoms with Crippen molar-refractivity contribution in [2.45, 2.75) is 18.9 Å². The van der Waals surface area contributed by atoms with Crippen molar-refractivity contribution in [1.29, 1.82) is 0 Å². The number of rotatable bonds is 3. The third kappa shape index (κ3) is 3.07. The smallest absolute Gasteiger partial charge is 0.0596 e. The van der Waals surface area contributed by atoms with Crippen LogP contribution in [0.15, 0.2) is 0 Å². The average molecular weight is 191 g/mol. The van der Waals surface area contributed by atoms with Gasteiger partial charge in [-0.15, -0.1) is 0 Å². The Morgan fingerprint density at radius 3 is 2.64 bits per heavy atom. The summed E-state index contributed by atoms with van der Waals surface area (Å²) in [6.07, 6.45) is 2.73. The fourth-order valence-corrected chi connectivity index (χ4v) is 2.14. The Morgan fingerprint density at radius 1 is 1.55 bits per heavy atom. The maximum Gasteiger partial charge on any atom is 0.0596 e. The molecule has 2 nitrogen and oxygen atoms in total. The van der Waals surface area contributed by atoms with Crippen LogP contribution in [0.4, 0.5) is 0 Å². The summed E-state index contributed by atoms with van der Waals surface area (Å²) in [6, 6.07) is 0. The van der Waals surface area contributed by atoms with E-state index in [0.29, 0.717) is 6.10 Å². The van der Waals surface area contributed by atoms with Crippen LogP contribution in [0.2, 0.25) is 0 Å². The first-order valence-corrected chi connectivity index (χ1v) is 5.05. The van der Waals surface area contributed by atoms with Crippen molar-refractivity contribution in [3.8, 4) is 0 Å². The van der Waals surface area contributed by atoms with Gasteiger partial charge in [0.25, 0.3) is 0 Å². The van der Waals surface area contributed by atoms with Gasteiger partial charge in [0, 0.05) is 24.9 Å². The van der Waals surface area contributed by atoms with Gasteiger partial charge in [-0.1, -0.05) is 12.2 Å². The van der Waals surface area contributed by atoms with Gasteiger partial charge in [-0.05, 0) is 24.8 Å². The van der Waals surface area contributed by atoms with Gasteiger partial charge in [0.15, 0.2) is 0 Å². The van der Waals surface area contributed by atoms with Gasteiger partial charge in [0.05, 0.1) is 6.10 Å². The molecule has 1 fully saturated rings. The lowest BCUT2D eigenvalue weighted by Gasteiger charge is -2.28. The highest BCUT2D eigenvalue weighted by Crippen LogP contribution is 2.18. The van der Waals surface area contributed by atoms with E-state index in [1.54, 1.807) is 23.8 Å². The highest BCUT2D eigenvalue weighted by atomic mass is 32.2. The van der Waals surface area contributed by atoms with E-state index in [-0.39, 0.29) is 0 Å². The van der Waals surface area contributed by atoms with Crippen LogP contribution in [0, 0.1) is 0 Å². The van der Waals surface area contributed by atoms with Crippen molar-refractivity contribution >= 4 is 28.9 Å². The van der Waals surface area contributed by atoms with Crippen molar-refractivity contribution in [2.75, 3.05) is 20.2 Å². The highest BCUT2D eigenvalue weighted by molar-refractivity contribution is 8.19. The minimum absolute atomic E-state index is 0.469. The van der Waals surface area contributed by atoms with Crippen LogP contribution in [-0.4, -0.2) is 35.3 Å². The molecule has 0 atom stereocenters. The first kappa shape index (κ1) is 9.45. The molecule has 0 radical (unpaired) electrons. The minimum atomic E-state index is 0.469. The average Bonchev–Trinajstić information content (AvgIpc) is 2.07. The van der Waals surface area contributed by atoms with Gasteiger partial charge < -0.3 is 4.74 Å². The molecule has 1 aliphatic heterocycles. The molecule has 0 spiro atoms. The Kier molecular flexibility index (Phi) is 4.37. The van der Waals surface area contributed by atoms with Gasteiger partial charge in [0.2, 0.25) is 0 Å². The summed E-state index contributed by atoms with van der Waals surface area (Å²) in [5.74, 6) is 0. The first-order valence-electron chi connectivity index (χ1n) is 3.75. The van der Waals surface area contributed by atoms with Crippen molar-refractivity contribution in [1.82, 2.24) is 4.31 Å². The number of piperidine rings is 1. The van der Waals surface area contributed by atoms with Crippen LogP contribution in [0.1, 0.15) is 12.8 Å². The quantitative estimate of drug-likeness (QED) is 0.497. The van der Waals surface area contributed by atoms with Gasteiger partial charge in [-0.25, -0.2) is 4.31 Å². The number of hydrogen-bond acceptors (Lipinski definition) is 4. The van der Waals surface area contributed by atoms with Crippen molar-refractivity contribution < 1.29 is 4.74 Å². The molecule has 0 N–H and O–H groups in total. The molecule has 0 amide bonds. The van der Waals surface area contributed by atoms with Gasteiger partial charge in [-0.3, -0.25) is 0 Å². The van der Waals surface area contributed by atoms with Crippen LogP contribution < -0.4 is 0 Å². The molecule has 0 aromatic carbocycles. The molecule has 11 heavy (non-hydrogen) atoms. The van der Waals surface area contributed by atoms with Crippen LogP contribution in [0.25, 0.3) is 0 Å². The second-order valence-corrected chi connectivity index (χ2v) is 4.06. The standard InChI is InChI=1S/C7H13NOS2/c1-9-7-2-4-8(5-3-7)11-6-10/h6-7H,2-5H2,1H3. The molecule has 0 unspecified atom stereocenters. The lowest BCUT2D eigenvalue weighted by molar-refractivity contribution is 0.0626. The van der Waals surface area contributed by atoms with E-state index < -0.39 is 0 Å². The summed E-state index contributed by atoms with van der Waals surface area (Å²) >= 11 is 6.39. The second-order valence-electron chi connectivity index (χ2n) is 2.57. The maximum absolute atomic E-state index is 5.25. The SMILES string of the molecule is COC1CCN(SC=S)CC1. The monoisotopic (exact) mass is 191 g/mol. The van der Waals surface area contributed by atoms with Crippen LogP contribution in [0.3, 0.4) is 0 Å². The normalized spacial score (nSPS) is 21.9. The summed E-state index contributed by atoms with van der Waals surface area (Å²) in [6.45, 7) is 2.19. The Balaban J connectivity index is 2.18. The predicted molar refractivity (Wildman–Crippen MR) is 52.9 cm³/mol. The van der Waals surface area contributed by atoms with Gasteiger partial charge in [-0.2, -0.15) is 0 Å². The summed E-state index contributed by atoms with van der Waals surface area (Å²) < 4.78 is 9.24. The lowest BCUT2D eigenvalue weighted by Crippen LogP contribution is -2.32. The third-order valence-corrected chi connectivity index (χ3v) is 2.93. The Morgan fingerprint density at radius 2 is 2.18 bits per heavy atom. The van der Waals surface area contributed by atoms with E-state index in [4.69, 9.17) is 17.0 Å². The summed E-state index contributed by atoms with van der Waals surface area (Å²) in [5.41, 5.74) is 0. The van der Waals surface area contributed by atoms with Crippen LogP contribution >= 0.6 is 24.2 Å². The van der Waals surface area contributed by atoms with E-state index in [9.17, 15) is 0 Å². The second kappa shape index (κ2) is 5.09. The number of hydrogen-bond donors (Lipinski definition) is 0. The largest absolute Gasteiger partial charge is 0.381 e. The summed E-state index contributed by atoms with van der Waals surface area (Å²) in [5, 5.41) is 0. The molecule has 1 aliphatic rings. The number of thiocarbonyl (C=S) groups is 1. The van der Waals surface area contributed by atoms with Crippen molar-refractivity contribution in [3.05, 3.63) is 0 Å². The Labute approximate surface area is 77.4 Å². The zero-order valence-electron chi connectivity index (χ0n) is 6.66. The molecular formula is C7H13NOS2. The highest BCUT2D eigenvalue weighted by Gasteiger charge is 2.17.